The largest absolute Gasteiger partial charge is 0.497 e. The third-order valence-corrected chi connectivity index (χ3v) is 5.25. The van der Waals surface area contributed by atoms with Crippen LogP contribution in [-0.2, 0) is 4.79 Å². The van der Waals surface area contributed by atoms with Crippen molar-refractivity contribution in [1.29, 1.82) is 0 Å². The second-order valence-electron chi connectivity index (χ2n) is 7.46. The van der Waals surface area contributed by atoms with Gasteiger partial charge in [-0.3, -0.25) is 9.59 Å². The molecule has 6 heteroatoms. The van der Waals surface area contributed by atoms with Crippen LogP contribution in [0.1, 0.15) is 33.1 Å². The molecule has 2 N–H and O–H groups in total. The first-order valence-electron chi connectivity index (χ1n) is 10.1. The normalized spacial score (nSPS) is 19.2. The molecule has 1 aliphatic rings. The molecule has 0 bridgehead atoms. The van der Waals surface area contributed by atoms with Crippen molar-refractivity contribution in [1.82, 2.24) is 10.7 Å². The van der Waals surface area contributed by atoms with Gasteiger partial charge in [0.15, 0.2) is 6.04 Å². The number of hydrogen-bond donors (Lipinski definition) is 2. The average molecular weight is 414 g/mol. The Hall–Kier alpha value is -3.93. The maximum absolute atomic E-state index is 12.9. The minimum absolute atomic E-state index is 0.269. The van der Waals surface area contributed by atoms with Gasteiger partial charge < -0.3 is 10.1 Å². The van der Waals surface area contributed by atoms with Gasteiger partial charge in [0, 0.05) is 16.7 Å². The highest BCUT2D eigenvalue weighted by atomic mass is 16.5. The number of benzene rings is 3. The fourth-order valence-corrected chi connectivity index (χ4v) is 3.69. The lowest BCUT2D eigenvalue weighted by molar-refractivity contribution is -0.596. The molecule has 0 radical (unpaired) electrons. The van der Waals surface area contributed by atoms with E-state index in [0.717, 1.165) is 22.4 Å². The van der Waals surface area contributed by atoms with Crippen molar-refractivity contribution < 1.29 is 19.0 Å². The van der Waals surface area contributed by atoms with E-state index in [0.29, 0.717) is 5.56 Å². The Balaban J connectivity index is 1.70. The number of rotatable bonds is 5. The molecule has 0 aromatic heterocycles. The lowest BCUT2D eigenvalue weighted by Gasteiger charge is -2.15. The summed E-state index contributed by atoms with van der Waals surface area (Å²) in [6.07, 6.45) is 1.87. The molecule has 0 saturated carbocycles. The third-order valence-electron chi connectivity index (χ3n) is 5.25. The Morgan fingerprint density at radius 2 is 1.77 bits per heavy atom. The average Bonchev–Trinajstić information content (AvgIpc) is 3.09. The van der Waals surface area contributed by atoms with Crippen molar-refractivity contribution in [3.63, 3.8) is 0 Å². The van der Waals surface area contributed by atoms with Crippen LogP contribution in [0.15, 0.2) is 78.9 Å². The van der Waals surface area contributed by atoms with E-state index in [1.165, 1.54) is 0 Å². The molecule has 1 heterocycles. The molecule has 1 aliphatic heterocycles. The van der Waals surface area contributed by atoms with Gasteiger partial charge in [0.25, 0.3) is 5.91 Å². The van der Waals surface area contributed by atoms with E-state index >= 15 is 0 Å². The van der Waals surface area contributed by atoms with E-state index in [4.69, 9.17) is 4.74 Å². The van der Waals surface area contributed by atoms with Crippen LogP contribution >= 0.6 is 0 Å². The van der Waals surface area contributed by atoms with E-state index in [1.54, 1.807) is 23.9 Å². The number of amides is 2. The zero-order valence-electron chi connectivity index (χ0n) is 17.4. The Morgan fingerprint density at radius 3 is 2.45 bits per heavy atom. The van der Waals surface area contributed by atoms with Crippen LogP contribution in [0.5, 0.6) is 5.75 Å². The first-order valence-corrected chi connectivity index (χ1v) is 10.1. The van der Waals surface area contributed by atoms with Crippen molar-refractivity contribution in [2.24, 2.45) is 0 Å². The molecule has 4 rings (SSSR count). The van der Waals surface area contributed by atoms with E-state index in [9.17, 15) is 9.59 Å². The summed E-state index contributed by atoms with van der Waals surface area (Å²) in [6, 6.07) is 23.3. The van der Waals surface area contributed by atoms with Crippen molar-refractivity contribution in [2.45, 2.75) is 19.0 Å². The Bertz CT molecular complexity index is 1120. The molecular formula is C25H24N3O3+. The monoisotopic (exact) mass is 414 g/mol. The smallest absolute Gasteiger partial charge is 0.304 e. The summed E-state index contributed by atoms with van der Waals surface area (Å²) in [4.78, 5) is 25.8. The number of nitrogens with one attached hydrogen (secondary N) is 2. The first kappa shape index (κ1) is 20.3. The summed E-state index contributed by atoms with van der Waals surface area (Å²) < 4.78 is 7.01. The molecule has 2 amide bonds. The second-order valence-corrected chi connectivity index (χ2v) is 7.46. The molecule has 0 aliphatic carbocycles. The highest BCUT2D eigenvalue weighted by molar-refractivity contribution is 5.98. The van der Waals surface area contributed by atoms with Gasteiger partial charge in [-0.2, -0.15) is 0 Å². The number of hydrogen-bond acceptors (Lipinski definition) is 3. The summed E-state index contributed by atoms with van der Waals surface area (Å²) >= 11 is 0. The fraction of sp³-hybridized carbons (Fsp3) is 0.160. The number of methoxy groups -OCH3 is 1. The third kappa shape index (κ3) is 4.48. The SMILES string of the molecule is COc1ccc([C@@H]2[C@@H](NC(=O)c3cccc(C)c3)C(=O)N/[N+]2=C\c2ccccc2)cc1. The number of ether oxygens (including phenoxy) is 1. The second kappa shape index (κ2) is 8.83. The molecule has 31 heavy (non-hydrogen) atoms. The van der Waals surface area contributed by atoms with Crippen molar-refractivity contribution in [3.8, 4) is 5.75 Å². The van der Waals surface area contributed by atoms with Crippen LogP contribution < -0.4 is 15.5 Å². The molecule has 3 aromatic carbocycles. The minimum Gasteiger partial charge on any atom is -0.497 e. The van der Waals surface area contributed by atoms with Crippen LogP contribution in [0, 0.1) is 6.92 Å². The molecule has 6 nitrogen and oxygen atoms in total. The Labute approximate surface area is 181 Å². The van der Waals surface area contributed by atoms with Gasteiger partial charge in [0.2, 0.25) is 12.3 Å². The number of carbonyl (C=O) groups is 2. The predicted octanol–water partition coefficient (Wildman–Crippen LogP) is 3.02. The summed E-state index contributed by atoms with van der Waals surface area (Å²) in [5.41, 5.74) is 6.20. The van der Waals surface area contributed by atoms with Gasteiger partial charge in [-0.25, -0.2) is 0 Å². The molecule has 1 fully saturated rings. The van der Waals surface area contributed by atoms with Crippen LogP contribution in [0.25, 0.3) is 0 Å². The summed E-state index contributed by atoms with van der Waals surface area (Å²) in [6.45, 7) is 1.93. The lowest BCUT2D eigenvalue weighted by atomic mass is 9.99. The molecular weight excluding hydrogens is 390 g/mol. The highest BCUT2D eigenvalue weighted by Gasteiger charge is 2.47. The Kier molecular flexibility index (Phi) is 5.80. The number of hydrazine groups is 1. The zero-order valence-corrected chi connectivity index (χ0v) is 17.4. The van der Waals surface area contributed by atoms with Crippen LogP contribution in [0.2, 0.25) is 0 Å². The van der Waals surface area contributed by atoms with Crippen molar-refractivity contribution in [2.75, 3.05) is 7.11 Å². The number of aryl methyl sites for hydroxylation is 1. The van der Waals surface area contributed by atoms with E-state index in [2.05, 4.69) is 10.7 Å². The van der Waals surface area contributed by atoms with E-state index in [1.807, 2.05) is 79.9 Å². The first-order chi connectivity index (χ1) is 15.0. The van der Waals surface area contributed by atoms with Gasteiger partial charge >= 0.3 is 5.91 Å². The number of hydrazone groups is 1. The standard InChI is InChI=1S/C25H23N3O3/c1-17-7-6-10-20(15-17)24(29)26-22-23(19-11-13-21(31-2)14-12-19)28(27-25(22)30)16-18-8-4-3-5-9-18/h3-16,22-23H,1-2H3,(H-,26,27,29,30)/p+1/b28-16-/t22-,23-/m1/s1. The van der Waals surface area contributed by atoms with Gasteiger partial charge in [-0.15, -0.1) is 10.1 Å². The summed E-state index contributed by atoms with van der Waals surface area (Å²) in [5, 5.41) is 2.92. The van der Waals surface area contributed by atoms with Gasteiger partial charge in [0.1, 0.15) is 5.75 Å². The Morgan fingerprint density at radius 1 is 1.03 bits per heavy atom. The maximum atomic E-state index is 12.9. The van der Waals surface area contributed by atoms with Gasteiger partial charge in [0.05, 0.1) is 7.11 Å². The molecule has 0 spiro atoms. The van der Waals surface area contributed by atoms with Gasteiger partial charge in [-0.1, -0.05) is 35.9 Å². The van der Waals surface area contributed by atoms with Crippen LogP contribution in [0.4, 0.5) is 0 Å². The van der Waals surface area contributed by atoms with Crippen molar-refractivity contribution in [3.05, 3.63) is 101 Å². The molecule has 0 unspecified atom stereocenters. The molecule has 1 saturated heterocycles. The topological polar surface area (TPSA) is 70.4 Å². The van der Waals surface area contributed by atoms with Crippen molar-refractivity contribution >= 4 is 18.0 Å². The fourth-order valence-electron chi connectivity index (χ4n) is 3.69. The predicted molar refractivity (Wildman–Crippen MR) is 118 cm³/mol. The molecule has 156 valence electrons. The van der Waals surface area contributed by atoms with Crippen LogP contribution in [-0.4, -0.2) is 35.9 Å². The van der Waals surface area contributed by atoms with E-state index < -0.39 is 12.1 Å². The maximum Gasteiger partial charge on any atom is 0.304 e. The highest BCUT2D eigenvalue weighted by Crippen LogP contribution is 2.27. The molecule has 2 atom stereocenters. The van der Waals surface area contributed by atoms with E-state index in [-0.39, 0.29) is 11.8 Å². The summed E-state index contributed by atoms with van der Waals surface area (Å²) in [7, 11) is 1.61. The number of carbonyl (C=O) groups excluding carboxylic acids is 2. The van der Waals surface area contributed by atoms with Crippen LogP contribution in [0.3, 0.4) is 0 Å². The lowest BCUT2D eigenvalue weighted by Crippen LogP contribution is -2.42. The quantitative estimate of drug-likeness (QED) is 0.631. The number of nitrogens with zero attached hydrogens (tertiary/aromatic N) is 1. The minimum atomic E-state index is -0.763. The van der Waals surface area contributed by atoms with Gasteiger partial charge in [-0.05, 0) is 55.5 Å². The molecule has 3 aromatic rings. The zero-order chi connectivity index (χ0) is 21.8. The summed E-state index contributed by atoms with van der Waals surface area (Å²) in [5.74, 6) is 0.165.